The summed E-state index contributed by atoms with van der Waals surface area (Å²) in [6.07, 6.45) is 0. The minimum atomic E-state index is -0.507. The van der Waals surface area contributed by atoms with E-state index in [1.54, 1.807) is 0 Å². The molecule has 2 heterocycles. The third-order valence-corrected chi connectivity index (χ3v) is 3.48. The Balaban J connectivity index is 1.90. The Morgan fingerprint density at radius 3 is 2.95 bits per heavy atom. The van der Waals surface area contributed by atoms with Gasteiger partial charge in [0.25, 0.3) is 0 Å². The molecule has 9 heteroatoms. The van der Waals surface area contributed by atoms with Crippen LogP contribution in [-0.2, 0) is 6.61 Å². The Morgan fingerprint density at radius 2 is 2.24 bits per heavy atom. The summed E-state index contributed by atoms with van der Waals surface area (Å²) in [4.78, 5) is 11.6. The van der Waals surface area contributed by atoms with Crippen molar-refractivity contribution in [2.24, 2.45) is 0 Å². The summed E-state index contributed by atoms with van der Waals surface area (Å²) in [5, 5.41) is 13.0. The van der Waals surface area contributed by atoms with E-state index in [9.17, 15) is 4.79 Å². The Kier molecular flexibility index (Phi) is 3.57. The van der Waals surface area contributed by atoms with E-state index >= 15 is 0 Å². The van der Waals surface area contributed by atoms with Gasteiger partial charge in [-0.15, -0.1) is 4.68 Å². The molecule has 2 aromatic heterocycles. The van der Waals surface area contributed by atoms with Gasteiger partial charge in [-0.3, -0.25) is 0 Å². The third kappa shape index (κ3) is 2.59. The highest BCUT2D eigenvalue weighted by atomic mass is 79.9. The highest BCUT2D eigenvalue weighted by Crippen LogP contribution is 2.25. The lowest BCUT2D eigenvalue weighted by Gasteiger charge is -2.08. The lowest BCUT2D eigenvalue weighted by Crippen LogP contribution is -2.18. The average Bonchev–Trinajstić information content (AvgIpc) is 3.04. The topological polar surface area (TPSA) is 98.8 Å². The van der Waals surface area contributed by atoms with E-state index in [0.29, 0.717) is 10.2 Å². The first-order valence-corrected chi connectivity index (χ1v) is 6.79. The number of benzene rings is 1. The molecule has 0 radical (unpaired) electrons. The molecule has 3 rings (SSSR count). The number of nitrogens with one attached hydrogen (secondary N) is 1. The molecule has 0 atom stereocenters. The molecule has 0 aliphatic carbocycles. The number of aromatic amines is 1. The first-order chi connectivity index (χ1) is 10.2. The molecule has 0 saturated carbocycles. The van der Waals surface area contributed by atoms with Crippen molar-refractivity contribution in [3.05, 3.63) is 50.5 Å². The highest BCUT2D eigenvalue weighted by Gasteiger charge is 2.19. The van der Waals surface area contributed by atoms with Crippen LogP contribution in [0.25, 0.3) is 5.82 Å². The van der Waals surface area contributed by atoms with Crippen LogP contribution >= 0.6 is 15.9 Å². The fraction of sp³-hybridized carbons (Fsp3) is 0.167. The number of hydrogen-bond donors (Lipinski definition) is 1. The van der Waals surface area contributed by atoms with Crippen molar-refractivity contribution in [2.75, 3.05) is 0 Å². The van der Waals surface area contributed by atoms with Gasteiger partial charge < -0.3 is 9.26 Å². The molecule has 108 valence electrons. The standard InChI is InChI=1S/C12H10BrN5O3/c1-7-4-2-3-5-9(7)20-6-8-10(13)21-15-11(8)18-12(19)14-16-17-18/h2-5H,6H2,1H3,(H,14,17,19). The van der Waals surface area contributed by atoms with Crippen molar-refractivity contribution in [1.82, 2.24) is 25.4 Å². The molecular weight excluding hydrogens is 342 g/mol. The number of aromatic nitrogens is 5. The SMILES string of the molecule is Cc1ccccc1OCc1c(-n2nn[nH]c2=O)noc1Br. The molecular formula is C12H10BrN5O3. The Morgan fingerprint density at radius 1 is 1.43 bits per heavy atom. The Labute approximate surface area is 126 Å². The molecule has 0 unspecified atom stereocenters. The van der Waals surface area contributed by atoms with E-state index in [-0.39, 0.29) is 12.4 Å². The minimum absolute atomic E-state index is 0.170. The largest absolute Gasteiger partial charge is 0.488 e. The normalized spacial score (nSPS) is 10.8. The van der Waals surface area contributed by atoms with Crippen LogP contribution in [-0.4, -0.2) is 25.4 Å². The Bertz CT molecular complexity index is 822. The van der Waals surface area contributed by atoms with Gasteiger partial charge in [0, 0.05) is 0 Å². The monoisotopic (exact) mass is 351 g/mol. The molecule has 0 fully saturated rings. The van der Waals surface area contributed by atoms with Crippen molar-refractivity contribution in [3.63, 3.8) is 0 Å². The number of aryl methyl sites for hydroxylation is 1. The molecule has 1 N–H and O–H groups in total. The van der Waals surface area contributed by atoms with Gasteiger partial charge in [0.1, 0.15) is 12.4 Å². The first kappa shape index (κ1) is 13.6. The number of H-pyrrole nitrogens is 1. The second kappa shape index (κ2) is 5.52. The van der Waals surface area contributed by atoms with Gasteiger partial charge in [0.05, 0.1) is 5.56 Å². The van der Waals surface area contributed by atoms with Crippen LogP contribution in [0, 0.1) is 6.92 Å². The van der Waals surface area contributed by atoms with Crippen LogP contribution in [0.4, 0.5) is 0 Å². The van der Waals surface area contributed by atoms with Crippen molar-refractivity contribution in [3.8, 4) is 11.6 Å². The zero-order valence-corrected chi connectivity index (χ0v) is 12.5. The maximum Gasteiger partial charge on any atom is 0.367 e. The zero-order chi connectivity index (χ0) is 14.8. The maximum atomic E-state index is 11.6. The summed E-state index contributed by atoms with van der Waals surface area (Å²) in [5.74, 6) is 0.971. The molecule has 3 aromatic rings. The molecule has 21 heavy (non-hydrogen) atoms. The summed E-state index contributed by atoms with van der Waals surface area (Å²) in [6, 6.07) is 7.62. The molecule has 0 spiro atoms. The lowest BCUT2D eigenvalue weighted by atomic mass is 10.2. The predicted octanol–water partition coefficient (Wildman–Crippen LogP) is 1.59. The number of ether oxygens (including phenoxy) is 1. The Hall–Kier alpha value is -2.42. The van der Waals surface area contributed by atoms with Crippen LogP contribution in [0.3, 0.4) is 0 Å². The number of rotatable bonds is 4. The molecule has 0 aliphatic heterocycles. The lowest BCUT2D eigenvalue weighted by molar-refractivity contribution is 0.300. The zero-order valence-electron chi connectivity index (χ0n) is 10.9. The van der Waals surface area contributed by atoms with Crippen molar-refractivity contribution < 1.29 is 9.26 Å². The molecule has 1 aromatic carbocycles. The smallest absolute Gasteiger partial charge is 0.367 e. The van der Waals surface area contributed by atoms with Crippen LogP contribution in [0.5, 0.6) is 5.75 Å². The second-order valence-corrected chi connectivity index (χ2v) is 4.95. The van der Waals surface area contributed by atoms with Gasteiger partial charge in [-0.2, -0.15) is 0 Å². The van der Waals surface area contributed by atoms with Crippen LogP contribution < -0.4 is 10.4 Å². The maximum absolute atomic E-state index is 11.6. The van der Waals surface area contributed by atoms with Gasteiger partial charge in [0.2, 0.25) is 10.5 Å². The number of para-hydroxylation sites is 1. The summed E-state index contributed by atoms with van der Waals surface area (Å²) >= 11 is 3.24. The molecule has 0 bridgehead atoms. The molecule has 0 aliphatic rings. The van der Waals surface area contributed by atoms with E-state index in [1.807, 2.05) is 31.2 Å². The van der Waals surface area contributed by atoms with Crippen molar-refractivity contribution in [2.45, 2.75) is 13.5 Å². The highest BCUT2D eigenvalue weighted by molar-refractivity contribution is 9.10. The van der Waals surface area contributed by atoms with E-state index in [0.717, 1.165) is 16.0 Å². The number of nitrogens with zero attached hydrogens (tertiary/aromatic N) is 4. The van der Waals surface area contributed by atoms with E-state index in [1.165, 1.54) is 0 Å². The molecule has 0 amide bonds. The summed E-state index contributed by atoms with van der Waals surface area (Å²) in [5.41, 5.74) is 1.06. The summed E-state index contributed by atoms with van der Waals surface area (Å²) in [7, 11) is 0. The summed E-state index contributed by atoms with van der Waals surface area (Å²) < 4.78 is 12.2. The number of hydrogen-bond acceptors (Lipinski definition) is 6. The van der Waals surface area contributed by atoms with Gasteiger partial charge >= 0.3 is 5.69 Å². The molecule has 8 nitrogen and oxygen atoms in total. The number of tetrazole rings is 1. The second-order valence-electron chi connectivity index (χ2n) is 4.23. The minimum Gasteiger partial charge on any atom is -0.488 e. The van der Waals surface area contributed by atoms with Gasteiger partial charge in [-0.25, -0.2) is 9.89 Å². The van der Waals surface area contributed by atoms with Crippen LogP contribution in [0.2, 0.25) is 0 Å². The first-order valence-electron chi connectivity index (χ1n) is 6.00. The summed E-state index contributed by atoms with van der Waals surface area (Å²) in [6.45, 7) is 2.12. The van der Waals surface area contributed by atoms with E-state index in [2.05, 4.69) is 36.6 Å². The van der Waals surface area contributed by atoms with Crippen molar-refractivity contribution in [1.29, 1.82) is 0 Å². The van der Waals surface area contributed by atoms with Gasteiger partial charge in [-0.05, 0) is 44.9 Å². The predicted molar refractivity (Wildman–Crippen MR) is 75.3 cm³/mol. The fourth-order valence-electron chi connectivity index (χ4n) is 1.77. The third-order valence-electron chi connectivity index (χ3n) is 2.86. The average molecular weight is 352 g/mol. The molecule has 0 saturated heterocycles. The van der Waals surface area contributed by atoms with E-state index in [4.69, 9.17) is 9.26 Å². The van der Waals surface area contributed by atoms with Crippen molar-refractivity contribution >= 4 is 15.9 Å². The van der Waals surface area contributed by atoms with Gasteiger partial charge in [-0.1, -0.05) is 23.4 Å². The van der Waals surface area contributed by atoms with Gasteiger partial charge in [0.15, 0.2) is 0 Å². The van der Waals surface area contributed by atoms with E-state index < -0.39 is 5.69 Å². The fourth-order valence-corrected chi connectivity index (χ4v) is 2.14. The van der Waals surface area contributed by atoms with Crippen LogP contribution in [0.15, 0.2) is 38.3 Å². The quantitative estimate of drug-likeness (QED) is 0.766. The van der Waals surface area contributed by atoms with Crippen LogP contribution in [0.1, 0.15) is 11.1 Å². The number of halogens is 1.